The highest BCUT2D eigenvalue weighted by Gasteiger charge is 2.22. The van der Waals surface area contributed by atoms with Crippen LogP contribution in [-0.2, 0) is 11.3 Å². The molecule has 0 aliphatic rings. The second-order valence-electron chi connectivity index (χ2n) is 7.54. The molecule has 3 aromatic carbocycles. The number of carbonyl (C=O) groups is 2. The van der Waals surface area contributed by atoms with Gasteiger partial charge >= 0.3 is 5.97 Å². The maximum Gasteiger partial charge on any atom is 0.354 e. The van der Waals surface area contributed by atoms with E-state index in [-0.39, 0.29) is 28.8 Å². The van der Waals surface area contributed by atoms with Gasteiger partial charge in [0.15, 0.2) is 17.1 Å². The molecule has 35 heavy (non-hydrogen) atoms. The first-order valence-corrected chi connectivity index (χ1v) is 10.5. The van der Waals surface area contributed by atoms with Gasteiger partial charge in [0.2, 0.25) is 0 Å². The number of aromatic nitrogens is 1. The Kier molecular flexibility index (Phi) is 6.59. The number of H-pyrrole nitrogens is 1. The van der Waals surface area contributed by atoms with Gasteiger partial charge in [-0.1, -0.05) is 30.3 Å². The number of ether oxygens (including phenoxy) is 2. The molecular weight excluding hydrogens is 458 g/mol. The van der Waals surface area contributed by atoms with Crippen molar-refractivity contribution in [1.82, 2.24) is 10.3 Å². The largest absolute Gasteiger partial charge is 0.496 e. The molecule has 0 bridgehead atoms. The van der Waals surface area contributed by atoms with Gasteiger partial charge in [-0.25, -0.2) is 13.6 Å². The number of rotatable bonds is 6. The molecule has 0 aliphatic carbocycles. The fraction of sp³-hybridized carbons (Fsp3) is 0.115. The SMILES string of the molecule is COC(=O)c1[nH]c2c(-c3ccccc3)c(OC)ccc2c(=O)c1CNC(=O)c1ccc(F)c(F)c1. The minimum absolute atomic E-state index is 0.0514. The van der Waals surface area contributed by atoms with Crippen LogP contribution < -0.4 is 15.5 Å². The molecule has 0 unspecified atom stereocenters. The standard InChI is InChI=1S/C26H20F2N2O5/c1-34-20-11-9-16-22(21(20)14-6-4-3-5-7-14)30-23(26(33)35-2)17(24(16)31)13-29-25(32)15-8-10-18(27)19(28)12-15/h3-12H,13H2,1-2H3,(H,29,32)(H,30,31). The molecule has 0 saturated heterocycles. The number of carbonyl (C=O) groups excluding carboxylic acids is 2. The minimum atomic E-state index is -1.18. The summed E-state index contributed by atoms with van der Waals surface area (Å²) in [6.07, 6.45) is 0. The first-order valence-electron chi connectivity index (χ1n) is 10.5. The fourth-order valence-corrected chi connectivity index (χ4v) is 3.79. The average Bonchev–Trinajstić information content (AvgIpc) is 2.88. The van der Waals surface area contributed by atoms with E-state index in [1.54, 1.807) is 12.1 Å². The molecule has 0 radical (unpaired) electrons. The zero-order valence-electron chi connectivity index (χ0n) is 18.8. The Morgan fingerprint density at radius 2 is 1.71 bits per heavy atom. The number of hydrogen-bond donors (Lipinski definition) is 2. The van der Waals surface area contributed by atoms with Crippen LogP contribution in [0.15, 0.2) is 65.5 Å². The van der Waals surface area contributed by atoms with Crippen LogP contribution in [0.5, 0.6) is 5.75 Å². The Balaban J connectivity index is 1.84. The van der Waals surface area contributed by atoms with Crippen LogP contribution in [0.3, 0.4) is 0 Å². The van der Waals surface area contributed by atoms with E-state index in [1.807, 2.05) is 30.3 Å². The third-order valence-corrected chi connectivity index (χ3v) is 5.52. The van der Waals surface area contributed by atoms with Crippen molar-refractivity contribution in [2.75, 3.05) is 14.2 Å². The van der Waals surface area contributed by atoms with Gasteiger partial charge in [0.05, 0.1) is 25.3 Å². The Morgan fingerprint density at radius 3 is 2.37 bits per heavy atom. The third-order valence-electron chi connectivity index (χ3n) is 5.52. The maximum absolute atomic E-state index is 13.5. The first-order chi connectivity index (χ1) is 16.8. The number of aromatic amines is 1. The van der Waals surface area contributed by atoms with E-state index < -0.39 is 28.9 Å². The lowest BCUT2D eigenvalue weighted by Crippen LogP contribution is -2.29. The summed E-state index contributed by atoms with van der Waals surface area (Å²) in [7, 11) is 2.66. The molecule has 1 amide bonds. The van der Waals surface area contributed by atoms with E-state index in [0.29, 0.717) is 16.8 Å². The van der Waals surface area contributed by atoms with Crippen molar-refractivity contribution in [2.45, 2.75) is 6.54 Å². The average molecular weight is 478 g/mol. The van der Waals surface area contributed by atoms with Gasteiger partial charge in [-0.3, -0.25) is 9.59 Å². The van der Waals surface area contributed by atoms with Crippen molar-refractivity contribution in [3.63, 3.8) is 0 Å². The highest BCUT2D eigenvalue weighted by molar-refractivity contribution is 6.01. The molecule has 9 heteroatoms. The van der Waals surface area contributed by atoms with Crippen LogP contribution >= 0.6 is 0 Å². The maximum atomic E-state index is 13.5. The van der Waals surface area contributed by atoms with Crippen molar-refractivity contribution >= 4 is 22.8 Å². The van der Waals surface area contributed by atoms with Gasteiger partial charge in [-0.15, -0.1) is 0 Å². The summed E-state index contributed by atoms with van der Waals surface area (Å²) < 4.78 is 37.1. The smallest absolute Gasteiger partial charge is 0.354 e. The number of esters is 1. The number of benzene rings is 3. The lowest BCUT2D eigenvalue weighted by Gasteiger charge is -2.16. The number of amides is 1. The van der Waals surface area contributed by atoms with E-state index in [0.717, 1.165) is 30.9 Å². The predicted octanol–water partition coefficient (Wildman–Crippen LogP) is 4.20. The normalized spacial score (nSPS) is 10.7. The monoisotopic (exact) mass is 478 g/mol. The molecule has 0 fully saturated rings. The van der Waals surface area contributed by atoms with E-state index in [1.165, 1.54) is 7.11 Å². The predicted molar refractivity (Wildman–Crippen MR) is 125 cm³/mol. The molecule has 7 nitrogen and oxygen atoms in total. The molecule has 2 N–H and O–H groups in total. The Hall–Kier alpha value is -4.53. The van der Waals surface area contributed by atoms with Gasteiger partial charge in [0, 0.05) is 23.1 Å². The second-order valence-corrected chi connectivity index (χ2v) is 7.54. The summed E-state index contributed by atoms with van der Waals surface area (Å²) in [5.41, 5.74) is 0.828. The summed E-state index contributed by atoms with van der Waals surface area (Å²) >= 11 is 0. The number of nitrogens with one attached hydrogen (secondary N) is 2. The number of methoxy groups -OCH3 is 2. The number of halogens is 2. The molecular formula is C26H20F2N2O5. The third kappa shape index (κ3) is 4.48. The summed E-state index contributed by atoms with van der Waals surface area (Å²) in [5.74, 6) is -3.36. The molecule has 1 aromatic heterocycles. The minimum Gasteiger partial charge on any atom is -0.496 e. The van der Waals surface area contributed by atoms with Crippen molar-refractivity contribution in [3.8, 4) is 16.9 Å². The van der Waals surface area contributed by atoms with Crippen LogP contribution in [0.25, 0.3) is 22.0 Å². The topological polar surface area (TPSA) is 97.5 Å². The van der Waals surface area contributed by atoms with Crippen molar-refractivity contribution in [1.29, 1.82) is 0 Å². The van der Waals surface area contributed by atoms with E-state index in [2.05, 4.69) is 10.3 Å². The van der Waals surface area contributed by atoms with Crippen LogP contribution in [0.1, 0.15) is 26.4 Å². The van der Waals surface area contributed by atoms with Crippen molar-refractivity contribution in [3.05, 3.63) is 99.3 Å². The highest BCUT2D eigenvalue weighted by atomic mass is 19.2. The zero-order chi connectivity index (χ0) is 25.1. The molecule has 0 aliphatic heterocycles. The molecule has 0 atom stereocenters. The molecule has 1 heterocycles. The Labute approximate surface area is 198 Å². The van der Waals surface area contributed by atoms with Gasteiger partial charge in [0.25, 0.3) is 5.91 Å². The van der Waals surface area contributed by atoms with Crippen molar-refractivity contribution in [2.24, 2.45) is 0 Å². The van der Waals surface area contributed by atoms with Crippen LogP contribution in [0.2, 0.25) is 0 Å². The van der Waals surface area contributed by atoms with Crippen LogP contribution in [0, 0.1) is 11.6 Å². The quantitative estimate of drug-likeness (QED) is 0.405. The fourth-order valence-electron chi connectivity index (χ4n) is 3.79. The molecule has 4 aromatic rings. The summed E-state index contributed by atoms with van der Waals surface area (Å²) in [6.45, 7) is -0.361. The molecule has 0 saturated carbocycles. The number of hydrogen-bond acceptors (Lipinski definition) is 5. The summed E-state index contributed by atoms with van der Waals surface area (Å²) in [6, 6.07) is 15.1. The summed E-state index contributed by atoms with van der Waals surface area (Å²) in [5, 5.41) is 2.73. The Morgan fingerprint density at radius 1 is 0.971 bits per heavy atom. The number of fused-ring (bicyclic) bond motifs is 1. The van der Waals surface area contributed by atoms with E-state index in [4.69, 9.17) is 9.47 Å². The van der Waals surface area contributed by atoms with Crippen LogP contribution in [-0.4, -0.2) is 31.1 Å². The Bertz CT molecular complexity index is 1500. The van der Waals surface area contributed by atoms with Gasteiger partial charge in [-0.05, 0) is 35.9 Å². The lowest BCUT2D eigenvalue weighted by atomic mass is 9.98. The second kappa shape index (κ2) is 9.76. The highest BCUT2D eigenvalue weighted by Crippen LogP contribution is 2.35. The molecule has 178 valence electrons. The zero-order valence-corrected chi connectivity index (χ0v) is 18.8. The van der Waals surface area contributed by atoms with Gasteiger partial charge in [-0.2, -0.15) is 0 Å². The summed E-state index contributed by atoms with van der Waals surface area (Å²) in [4.78, 5) is 41.6. The van der Waals surface area contributed by atoms with E-state index >= 15 is 0 Å². The van der Waals surface area contributed by atoms with Gasteiger partial charge in [0.1, 0.15) is 11.4 Å². The van der Waals surface area contributed by atoms with Crippen LogP contribution in [0.4, 0.5) is 8.78 Å². The lowest BCUT2D eigenvalue weighted by molar-refractivity contribution is 0.0592. The van der Waals surface area contributed by atoms with Crippen molar-refractivity contribution < 1.29 is 27.8 Å². The first kappa shape index (κ1) is 23.6. The molecule has 0 spiro atoms. The van der Waals surface area contributed by atoms with Gasteiger partial charge < -0.3 is 19.8 Å². The van der Waals surface area contributed by atoms with E-state index in [9.17, 15) is 23.2 Å². The number of pyridine rings is 1. The molecule has 4 rings (SSSR count).